The smallest absolute Gasteiger partial charge is 0.273 e. The molecule has 0 saturated carbocycles. The Morgan fingerprint density at radius 2 is 1.85 bits per heavy atom. The number of amides is 1. The van der Waals surface area contributed by atoms with E-state index in [9.17, 15) is 4.79 Å². The minimum Gasteiger partial charge on any atom is -0.497 e. The zero-order valence-corrected chi connectivity index (χ0v) is 25.0. The Morgan fingerprint density at radius 3 is 2.49 bits per heavy atom. The molecule has 2 aromatic carbocycles. The van der Waals surface area contributed by atoms with Gasteiger partial charge in [-0.2, -0.15) is 0 Å². The first-order valence-electron chi connectivity index (χ1n) is 13.6. The number of nitrogens with zero attached hydrogens (tertiary/aromatic N) is 2. The van der Waals surface area contributed by atoms with Gasteiger partial charge in [0.05, 0.1) is 39.1 Å². The SMILES string of the molecule is COc1cccc(/C(C)=N/C(C(=O)N2CCOCC2(C)C)=C(\C)CCc2cc(OC)c(OC(C)C)cc2C)c1. The Labute approximate surface area is 233 Å². The van der Waals surface area contributed by atoms with Crippen LogP contribution in [-0.2, 0) is 16.0 Å². The van der Waals surface area contributed by atoms with E-state index < -0.39 is 5.54 Å². The van der Waals surface area contributed by atoms with Crippen LogP contribution in [0.2, 0.25) is 0 Å². The molecule has 1 aliphatic rings. The molecule has 1 amide bonds. The quantitative estimate of drug-likeness (QED) is 0.269. The Morgan fingerprint density at radius 1 is 1.10 bits per heavy atom. The fourth-order valence-electron chi connectivity index (χ4n) is 4.69. The molecule has 1 heterocycles. The van der Waals surface area contributed by atoms with Crippen molar-refractivity contribution in [2.45, 2.75) is 73.0 Å². The zero-order valence-electron chi connectivity index (χ0n) is 25.0. The van der Waals surface area contributed by atoms with Crippen LogP contribution in [0, 0.1) is 6.92 Å². The molecule has 1 aliphatic heterocycles. The maximum absolute atomic E-state index is 14.0. The lowest BCUT2D eigenvalue weighted by Crippen LogP contribution is -2.55. The zero-order chi connectivity index (χ0) is 28.7. The largest absolute Gasteiger partial charge is 0.497 e. The highest BCUT2D eigenvalue weighted by molar-refractivity contribution is 6.04. The maximum atomic E-state index is 14.0. The normalized spacial score (nSPS) is 16.2. The summed E-state index contributed by atoms with van der Waals surface area (Å²) in [7, 11) is 3.30. The summed E-state index contributed by atoms with van der Waals surface area (Å²) in [4.78, 5) is 20.9. The van der Waals surface area contributed by atoms with Gasteiger partial charge in [-0.15, -0.1) is 0 Å². The standard InChI is InChI=1S/C32H44N2O5/c1-21(2)39-29-17-23(4)25(19-28(29)37-9)14-13-22(3)30(31(35)34-15-16-38-20-32(34,6)7)33-24(5)26-11-10-12-27(18-26)36-8/h10-12,17-19,21H,13-16,20H2,1-9H3/b30-22+,33-24+. The van der Waals surface area contributed by atoms with E-state index in [0.29, 0.717) is 37.6 Å². The van der Waals surface area contributed by atoms with Crippen molar-refractivity contribution >= 4 is 11.6 Å². The van der Waals surface area contributed by atoms with Crippen molar-refractivity contribution < 1.29 is 23.7 Å². The van der Waals surface area contributed by atoms with Gasteiger partial charge in [0.1, 0.15) is 11.4 Å². The molecule has 1 saturated heterocycles. The molecule has 7 heteroatoms. The number of ether oxygens (including phenoxy) is 4. The second-order valence-corrected chi connectivity index (χ2v) is 11.0. The molecule has 39 heavy (non-hydrogen) atoms. The predicted molar refractivity (Wildman–Crippen MR) is 156 cm³/mol. The van der Waals surface area contributed by atoms with E-state index in [-0.39, 0.29) is 12.0 Å². The number of allylic oxidation sites excluding steroid dienone is 1. The van der Waals surface area contributed by atoms with E-state index in [1.807, 2.05) is 82.8 Å². The van der Waals surface area contributed by atoms with Crippen molar-refractivity contribution in [2.75, 3.05) is 34.0 Å². The third-order valence-electron chi connectivity index (χ3n) is 7.02. The molecule has 212 valence electrons. The number of benzene rings is 2. The molecule has 1 fully saturated rings. The highest BCUT2D eigenvalue weighted by Gasteiger charge is 2.36. The van der Waals surface area contributed by atoms with Gasteiger partial charge < -0.3 is 23.8 Å². The lowest BCUT2D eigenvalue weighted by atomic mass is 9.97. The first-order chi connectivity index (χ1) is 18.5. The molecule has 3 rings (SSSR count). The second kappa shape index (κ2) is 13.2. The van der Waals surface area contributed by atoms with Crippen molar-refractivity contribution in [1.82, 2.24) is 4.90 Å². The second-order valence-electron chi connectivity index (χ2n) is 11.0. The Hall–Kier alpha value is -3.32. The molecular weight excluding hydrogens is 492 g/mol. The lowest BCUT2D eigenvalue weighted by Gasteiger charge is -2.42. The predicted octanol–water partition coefficient (Wildman–Crippen LogP) is 6.15. The van der Waals surface area contributed by atoms with Crippen LogP contribution in [0.25, 0.3) is 0 Å². The van der Waals surface area contributed by atoms with E-state index in [1.165, 1.54) is 0 Å². The summed E-state index contributed by atoms with van der Waals surface area (Å²) in [6.45, 7) is 15.6. The molecular formula is C32H44N2O5. The van der Waals surface area contributed by atoms with Gasteiger partial charge in [0, 0.05) is 12.3 Å². The lowest BCUT2D eigenvalue weighted by molar-refractivity contribution is -0.142. The van der Waals surface area contributed by atoms with Crippen molar-refractivity contribution in [3.8, 4) is 17.2 Å². The van der Waals surface area contributed by atoms with Crippen LogP contribution in [0.15, 0.2) is 52.7 Å². The molecule has 0 aliphatic carbocycles. The minimum atomic E-state index is -0.420. The summed E-state index contributed by atoms with van der Waals surface area (Å²) >= 11 is 0. The highest BCUT2D eigenvalue weighted by atomic mass is 16.5. The number of methoxy groups -OCH3 is 2. The molecule has 2 aromatic rings. The molecule has 0 unspecified atom stereocenters. The first kappa shape index (κ1) is 30.2. The summed E-state index contributed by atoms with van der Waals surface area (Å²) in [5.41, 5.74) is 4.94. The molecule has 0 radical (unpaired) electrons. The average Bonchev–Trinajstić information content (AvgIpc) is 2.90. The highest BCUT2D eigenvalue weighted by Crippen LogP contribution is 2.33. The number of carbonyl (C=O) groups excluding carboxylic acids is 1. The number of hydrogen-bond acceptors (Lipinski definition) is 6. The fourth-order valence-corrected chi connectivity index (χ4v) is 4.69. The third kappa shape index (κ3) is 7.63. The molecule has 0 N–H and O–H groups in total. The Bertz CT molecular complexity index is 1230. The molecule has 0 atom stereocenters. The number of carbonyl (C=O) groups is 1. The first-order valence-corrected chi connectivity index (χ1v) is 13.6. The van der Waals surface area contributed by atoms with E-state index >= 15 is 0 Å². The summed E-state index contributed by atoms with van der Waals surface area (Å²) in [6.07, 6.45) is 1.47. The van der Waals surface area contributed by atoms with Gasteiger partial charge in [-0.1, -0.05) is 12.1 Å². The van der Waals surface area contributed by atoms with Crippen LogP contribution in [0.5, 0.6) is 17.2 Å². The topological polar surface area (TPSA) is 69.6 Å². The molecule has 0 aromatic heterocycles. The monoisotopic (exact) mass is 536 g/mol. The summed E-state index contributed by atoms with van der Waals surface area (Å²) in [5, 5.41) is 0. The molecule has 0 bridgehead atoms. The van der Waals surface area contributed by atoms with Crippen molar-refractivity contribution in [2.24, 2.45) is 4.99 Å². The minimum absolute atomic E-state index is 0.0537. The van der Waals surface area contributed by atoms with Crippen LogP contribution in [0.3, 0.4) is 0 Å². The van der Waals surface area contributed by atoms with Gasteiger partial charge in [0.15, 0.2) is 11.5 Å². The van der Waals surface area contributed by atoms with Crippen LogP contribution in [0.4, 0.5) is 0 Å². The molecule has 7 nitrogen and oxygen atoms in total. The average molecular weight is 537 g/mol. The van der Waals surface area contributed by atoms with Gasteiger partial charge in [0.2, 0.25) is 0 Å². The van der Waals surface area contributed by atoms with E-state index in [1.54, 1.807) is 14.2 Å². The fraction of sp³-hybridized carbons (Fsp3) is 0.500. The van der Waals surface area contributed by atoms with Crippen LogP contribution in [-0.4, -0.2) is 62.1 Å². The third-order valence-corrected chi connectivity index (χ3v) is 7.02. The number of aliphatic imine (C=N–C) groups is 1. The van der Waals surface area contributed by atoms with Gasteiger partial charge >= 0.3 is 0 Å². The van der Waals surface area contributed by atoms with Crippen molar-refractivity contribution in [1.29, 1.82) is 0 Å². The Balaban J connectivity index is 1.99. The van der Waals surface area contributed by atoms with Crippen LogP contribution < -0.4 is 14.2 Å². The van der Waals surface area contributed by atoms with Crippen molar-refractivity contribution in [3.05, 3.63) is 64.4 Å². The van der Waals surface area contributed by atoms with Crippen molar-refractivity contribution in [3.63, 3.8) is 0 Å². The summed E-state index contributed by atoms with van der Waals surface area (Å²) < 4.78 is 22.6. The maximum Gasteiger partial charge on any atom is 0.273 e. The van der Waals surface area contributed by atoms with Gasteiger partial charge in [0.25, 0.3) is 5.91 Å². The molecule has 0 spiro atoms. The van der Waals surface area contributed by atoms with Crippen LogP contribution >= 0.6 is 0 Å². The van der Waals surface area contributed by atoms with E-state index in [2.05, 4.69) is 6.92 Å². The summed E-state index contributed by atoms with van der Waals surface area (Å²) in [5.74, 6) is 2.13. The van der Waals surface area contributed by atoms with E-state index in [4.69, 9.17) is 23.9 Å². The summed E-state index contributed by atoms with van der Waals surface area (Å²) in [6, 6.07) is 11.8. The van der Waals surface area contributed by atoms with Gasteiger partial charge in [-0.25, -0.2) is 4.99 Å². The number of morpholine rings is 1. The van der Waals surface area contributed by atoms with Crippen LogP contribution in [0.1, 0.15) is 64.7 Å². The Kier molecular flexibility index (Phi) is 10.2. The van der Waals surface area contributed by atoms with Gasteiger partial charge in [-0.05, 0) is 108 Å². The number of rotatable bonds is 10. The van der Waals surface area contributed by atoms with Gasteiger partial charge in [-0.3, -0.25) is 4.79 Å². The van der Waals surface area contributed by atoms with E-state index in [0.717, 1.165) is 45.9 Å². The number of aryl methyl sites for hydroxylation is 2. The number of hydrogen-bond donors (Lipinski definition) is 0.